The molecular weight excluding hydrogens is 260 g/mol. The topological polar surface area (TPSA) is 63.4 Å². The van der Waals surface area contributed by atoms with E-state index in [0.717, 1.165) is 31.2 Å². The van der Waals surface area contributed by atoms with Crippen LogP contribution in [0.25, 0.3) is 0 Å². The molecule has 0 saturated carbocycles. The molecule has 0 amide bonds. The maximum absolute atomic E-state index is 12.5. The lowest BCUT2D eigenvalue weighted by Gasteiger charge is -2.24. The first-order chi connectivity index (χ1) is 9.14. The highest BCUT2D eigenvalue weighted by Gasteiger charge is 2.24. The van der Waals surface area contributed by atoms with Gasteiger partial charge in [0.2, 0.25) is 10.0 Å². The van der Waals surface area contributed by atoms with Crippen LogP contribution in [0.2, 0.25) is 0 Å². The number of nitrogens with two attached hydrogens (primary N) is 1. The van der Waals surface area contributed by atoms with Crippen LogP contribution in [0, 0.1) is 0 Å². The van der Waals surface area contributed by atoms with Gasteiger partial charge in [-0.05, 0) is 30.5 Å². The summed E-state index contributed by atoms with van der Waals surface area (Å²) in [5, 5.41) is 0. The third-order valence-corrected chi connectivity index (χ3v) is 5.52. The van der Waals surface area contributed by atoms with Crippen molar-refractivity contribution in [2.75, 3.05) is 13.1 Å². The van der Waals surface area contributed by atoms with Crippen molar-refractivity contribution >= 4 is 10.0 Å². The fourth-order valence-electron chi connectivity index (χ4n) is 2.41. The molecule has 0 bridgehead atoms. The molecule has 1 aliphatic rings. The number of rotatable bonds is 3. The summed E-state index contributed by atoms with van der Waals surface area (Å²) in [6.07, 6.45) is 5.38. The van der Waals surface area contributed by atoms with E-state index in [2.05, 4.69) is 0 Å². The Morgan fingerprint density at radius 1 is 0.947 bits per heavy atom. The van der Waals surface area contributed by atoms with Gasteiger partial charge >= 0.3 is 0 Å². The molecule has 19 heavy (non-hydrogen) atoms. The van der Waals surface area contributed by atoms with Crippen LogP contribution in [0.3, 0.4) is 0 Å². The van der Waals surface area contributed by atoms with Crippen LogP contribution in [-0.4, -0.2) is 25.8 Å². The average Bonchev–Trinajstić information content (AvgIpc) is 2.38. The first-order valence-electron chi connectivity index (χ1n) is 6.94. The van der Waals surface area contributed by atoms with E-state index in [0.29, 0.717) is 24.5 Å². The maximum Gasteiger partial charge on any atom is 0.243 e. The van der Waals surface area contributed by atoms with Crippen LogP contribution in [0.5, 0.6) is 0 Å². The second-order valence-electron chi connectivity index (χ2n) is 5.02. The largest absolute Gasteiger partial charge is 0.326 e. The SMILES string of the molecule is NCc1ccc(S(=O)(=O)N2CCCCCCC2)cc1. The molecule has 0 radical (unpaired) electrons. The Hall–Kier alpha value is -0.910. The summed E-state index contributed by atoms with van der Waals surface area (Å²) in [4.78, 5) is 0.380. The van der Waals surface area contributed by atoms with Crippen LogP contribution in [-0.2, 0) is 16.6 Å². The predicted molar refractivity (Wildman–Crippen MR) is 76.2 cm³/mol. The quantitative estimate of drug-likeness (QED) is 0.923. The summed E-state index contributed by atoms with van der Waals surface area (Å²) in [5.41, 5.74) is 6.48. The lowest BCUT2D eigenvalue weighted by molar-refractivity contribution is 0.364. The molecule has 4 nitrogen and oxygen atoms in total. The van der Waals surface area contributed by atoms with E-state index >= 15 is 0 Å². The first kappa shape index (κ1) is 14.5. The van der Waals surface area contributed by atoms with Crippen LogP contribution in [0.1, 0.15) is 37.7 Å². The van der Waals surface area contributed by atoms with E-state index in [1.165, 1.54) is 6.42 Å². The van der Waals surface area contributed by atoms with Crippen LogP contribution in [0.4, 0.5) is 0 Å². The van der Waals surface area contributed by atoms with E-state index in [1.54, 1.807) is 28.6 Å². The van der Waals surface area contributed by atoms with Crippen molar-refractivity contribution in [3.63, 3.8) is 0 Å². The molecule has 1 heterocycles. The molecule has 0 aliphatic carbocycles. The fraction of sp³-hybridized carbons (Fsp3) is 0.571. The van der Waals surface area contributed by atoms with E-state index in [1.807, 2.05) is 0 Å². The Bertz CT molecular complexity index is 489. The van der Waals surface area contributed by atoms with Crippen molar-refractivity contribution in [3.8, 4) is 0 Å². The Labute approximate surface area is 115 Å². The van der Waals surface area contributed by atoms with Crippen LogP contribution >= 0.6 is 0 Å². The third-order valence-electron chi connectivity index (χ3n) is 3.61. The van der Waals surface area contributed by atoms with Gasteiger partial charge in [-0.1, -0.05) is 31.4 Å². The number of sulfonamides is 1. The van der Waals surface area contributed by atoms with E-state index < -0.39 is 10.0 Å². The molecule has 1 aromatic carbocycles. The van der Waals surface area contributed by atoms with Gasteiger partial charge in [-0.3, -0.25) is 0 Å². The zero-order valence-electron chi connectivity index (χ0n) is 11.2. The van der Waals surface area contributed by atoms with Gasteiger partial charge < -0.3 is 5.73 Å². The molecule has 0 spiro atoms. The molecule has 0 atom stereocenters. The summed E-state index contributed by atoms with van der Waals surface area (Å²) in [5.74, 6) is 0. The van der Waals surface area contributed by atoms with Crippen LogP contribution < -0.4 is 5.73 Å². The number of hydrogen-bond donors (Lipinski definition) is 1. The second kappa shape index (κ2) is 6.50. The smallest absolute Gasteiger partial charge is 0.243 e. The van der Waals surface area contributed by atoms with Gasteiger partial charge in [-0.15, -0.1) is 0 Å². The lowest BCUT2D eigenvalue weighted by atomic mass is 10.1. The maximum atomic E-state index is 12.5. The molecule has 0 unspecified atom stereocenters. The Morgan fingerprint density at radius 2 is 1.47 bits per heavy atom. The predicted octanol–water partition coefficient (Wildman–Crippen LogP) is 2.10. The monoisotopic (exact) mass is 282 g/mol. The van der Waals surface area contributed by atoms with Gasteiger partial charge in [-0.2, -0.15) is 4.31 Å². The Kier molecular flexibility index (Phi) is 4.96. The van der Waals surface area contributed by atoms with Crippen molar-refractivity contribution in [2.45, 2.75) is 43.5 Å². The minimum absolute atomic E-state index is 0.380. The van der Waals surface area contributed by atoms with E-state index in [9.17, 15) is 8.42 Å². The average molecular weight is 282 g/mol. The zero-order chi connectivity index (χ0) is 13.7. The summed E-state index contributed by atoms with van der Waals surface area (Å²) >= 11 is 0. The van der Waals surface area contributed by atoms with Crippen molar-refractivity contribution in [1.82, 2.24) is 4.31 Å². The normalized spacial score (nSPS) is 18.8. The highest BCUT2D eigenvalue weighted by molar-refractivity contribution is 7.89. The van der Waals surface area contributed by atoms with Gasteiger partial charge in [0.05, 0.1) is 4.90 Å². The molecule has 106 valence electrons. The number of benzene rings is 1. The molecule has 5 heteroatoms. The zero-order valence-corrected chi connectivity index (χ0v) is 12.0. The summed E-state index contributed by atoms with van der Waals surface area (Å²) in [6.45, 7) is 1.71. The van der Waals surface area contributed by atoms with Gasteiger partial charge in [0, 0.05) is 19.6 Å². The molecule has 2 N–H and O–H groups in total. The van der Waals surface area contributed by atoms with E-state index in [4.69, 9.17) is 5.73 Å². The van der Waals surface area contributed by atoms with Crippen molar-refractivity contribution in [3.05, 3.63) is 29.8 Å². The highest BCUT2D eigenvalue weighted by Crippen LogP contribution is 2.20. The van der Waals surface area contributed by atoms with Crippen molar-refractivity contribution in [1.29, 1.82) is 0 Å². The summed E-state index contributed by atoms with van der Waals surface area (Å²) in [7, 11) is -3.33. The van der Waals surface area contributed by atoms with Gasteiger partial charge in [-0.25, -0.2) is 8.42 Å². The first-order valence-corrected chi connectivity index (χ1v) is 8.38. The Morgan fingerprint density at radius 3 is 2.00 bits per heavy atom. The molecule has 2 rings (SSSR count). The number of nitrogens with zero attached hydrogens (tertiary/aromatic N) is 1. The lowest BCUT2D eigenvalue weighted by Crippen LogP contribution is -2.33. The highest BCUT2D eigenvalue weighted by atomic mass is 32.2. The van der Waals surface area contributed by atoms with Gasteiger partial charge in [0.25, 0.3) is 0 Å². The third kappa shape index (κ3) is 3.55. The summed E-state index contributed by atoms with van der Waals surface area (Å²) < 4.78 is 26.7. The van der Waals surface area contributed by atoms with Crippen LogP contribution in [0.15, 0.2) is 29.2 Å². The number of hydrogen-bond acceptors (Lipinski definition) is 3. The molecular formula is C14H22N2O2S. The van der Waals surface area contributed by atoms with Gasteiger partial charge in [0.15, 0.2) is 0 Å². The second-order valence-corrected chi connectivity index (χ2v) is 6.96. The molecule has 1 fully saturated rings. The Balaban J connectivity index is 2.18. The van der Waals surface area contributed by atoms with Crippen molar-refractivity contribution in [2.24, 2.45) is 5.73 Å². The molecule has 1 aliphatic heterocycles. The fourth-order valence-corrected chi connectivity index (χ4v) is 3.92. The van der Waals surface area contributed by atoms with Gasteiger partial charge in [0.1, 0.15) is 0 Å². The molecule has 0 aromatic heterocycles. The standard InChI is InChI=1S/C14H22N2O2S/c15-12-13-6-8-14(9-7-13)19(17,18)16-10-4-2-1-3-5-11-16/h6-9H,1-5,10-12,15H2. The summed E-state index contributed by atoms with van der Waals surface area (Å²) in [6, 6.07) is 6.90. The molecule has 1 saturated heterocycles. The minimum Gasteiger partial charge on any atom is -0.326 e. The minimum atomic E-state index is -3.33. The van der Waals surface area contributed by atoms with E-state index in [-0.39, 0.29) is 0 Å². The molecule has 1 aromatic rings. The van der Waals surface area contributed by atoms with Crippen molar-refractivity contribution < 1.29 is 8.42 Å².